The van der Waals surface area contributed by atoms with Gasteiger partial charge in [0.2, 0.25) is 0 Å². The number of ether oxygens (including phenoxy) is 1. The van der Waals surface area contributed by atoms with Gasteiger partial charge in [0, 0.05) is 13.1 Å². The van der Waals surface area contributed by atoms with Gasteiger partial charge in [0.15, 0.2) is 11.6 Å². The van der Waals surface area contributed by atoms with Crippen molar-refractivity contribution in [3.05, 3.63) is 53.8 Å². The summed E-state index contributed by atoms with van der Waals surface area (Å²) in [5, 5.41) is 11.8. The van der Waals surface area contributed by atoms with Crippen LogP contribution in [-0.4, -0.2) is 23.7 Å². The Kier molecular flexibility index (Phi) is 7.71. The maximum absolute atomic E-state index is 14.8. The van der Waals surface area contributed by atoms with Gasteiger partial charge >= 0.3 is 5.97 Å². The quantitative estimate of drug-likeness (QED) is 0.504. The van der Waals surface area contributed by atoms with E-state index in [0.717, 1.165) is 42.4 Å². The summed E-state index contributed by atoms with van der Waals surface area (Å²) in [7, 11) is 0. The molecule has 1 aliphatic rings. The normalized spacial score (nSPS) is 19.2. The van der Waals surface area contributed by atoms with Gasteiger partial charge in [-0.1, -0.05) is 45.0 Å². The molecule has 0 aliphatic heterocycles. The highest BCUT2D eigenvalue weighted by molar-refractivity contribution is 5.67. The first-order valence-electron chi connectivity index (χ1n) is 11.2. The number of hydrogen-bond donors (Lipinski definition) is 2. The van der Waals surface area contributed by atoms with Crippen LogP contribution >= 0.6 is 0 Å². The Morgan fingerprint density at radius 1 is 1.10 bits per heavy atom. The first-order valence-corrected chi connectivity index (χ1v) is 11.2. The van der Waals surface area contributed by atoms with Gasteiger partial charge in [-0.3, -0.25) is 4.79 Å². The van der Waals surface area contributed by atoms with Crippen LogP contribution < -0.4 is 10.1 Å². The van der Waals surface area contributed by atoms with Crippen LogP contribution in [0.1, 0.15) is 58.4 Å². The summed E-state index contributed by atoms with van der Waals surface area (Å²) in [4.78, 5) is 10.6. The second-order valence-corrected chi connectivity index (χ2v) is 9.62. The van der Waals surface area contributed by atoms with E-state index >= 15 is 0 Å². The van der Waals surface area contributed by atoms with Crippen LogP contribution in [0.4, 0.5) is 4.39 Å². The van der Waals surface area contributed by atoms with Crippen LogP contribution in [-0.2, 0) is 11.3 Å². The molecule has 3 rings (SSSR count). The second kappa shape index (κ2) is 10.3. The van der Waals surface area contributed by atoms with Gasteiger partial charge in [-0.2, -0.15) is 0 Å². The zero-order valence-electron chi connectivity index (χ0n) is 18.8. The Morgan fingerprint density at radius 2 is 1.81 bits per heavy atom. The molecule has 4 nitrogen and oxygen atoms in total. The minimum atomic E-state index is -0.818. The van der Waals surface area contributed by atoms with Gasteiger partial charge in [-0.05, 0) is 71.9 Å². The summed E-state index contributed by atoms with van der Waals surface area (Å²) in [6, 6.07) is 13.0. The SMILES string of the molecule is CC(C)(C)[C@H]1CC[C@H](Oc2ccc(-c3cccc(CNCCC(=O)O)c3)cc2F)CC1. The van der Waals surface area contributed by atoms with Crippen molar-refractivity contribution in [2.75, 3.05) is 6.54 Å². The highest BCUT2D eigenvalue weighted by Gasteiger charge is 2.30. The summed E-state index contributed by atoms with van der Waals surface area (Å²) >= 11 is 0. The first kappa shape index (κ1) is 23.3. The number of carboxylic acid groups (broad SMARTS) is 1. The molecule has 0 heterocycles. The Balaban J connectivity index is 1.59. The van der Waals surface area contributed by atoms with Crippen molar-refractivity contribution < 1.29 is 19.0 Å². The molecule has 168 valence electrons. The van der Waals surface area contributed by atoms with E-state index in [4.69, 9.17) is 9.84 Å². The Labute approximate surface area is 184 Å². The number of rotatable bonds is 8. The molecule has 0 atom stereocenters. The molecule has 0 amide bonds. The lowest BCUT2D eigenvalue weighted by molar-refractivity contribution is -0.136. The fourth-order valence-electron chi connectivity index (χ4n) is 4.29. The predicted octanol–water partition coefficient (Wildman–Crippen LogP) is 6.04. The molecule has 0 unspecified atom stereocenters. The van der Waals surface area contributed by atoms with Gasteiger partial charge in [0.05, 0.1) is 12.5 Å². The number of carbonyl (C=O) groups is 1. The Bertz CT molecular complexity index is 882. The van der Waals surface area contributed by atoms with Crippen molar-refractivity contribution in [2.24, 2.45) is 11.3 Å². The lowest BCUT2D eigenvalue weighted by atomic mass is 9.72. The van der Waals surface area contributed by atoms with Gasteiger partial charge < -0.3 is 15.2 Å². The number of hydrogen-bond acceptors (Lipinski definition) is 3. The smallest absolute Gasteiger partial charge is 0.304 e. The van der Waals surface area contributed by atoms with Gasteiger partial charge in [0.1, 0.15) is 0 Å². The van der Waals surface area contributed by atoms with Crippen LogP contribution in [0, 0.1) is 17.2 Å². The summed E-state index contributed by atoms with van der Waals surface area (Å²) in [5.74, 6) is -0.123. The molecule has 1 saturated carbocycles. The van der Waals surface area contributed by atoms with E-state index < -0.39 is 5.97 Å². The lowest BCUT2D eigenvalue weighted by Crippen LogP contribution is -2.30. The molecular weight excluding hydrogens is 393 g/mol. The third kappa shape index (κ3) is 6.79. The lowest BCUT2D eigenvalue weighted by Gasteiger charge is -2.37. The van der Waals surface area contributed by atoms with Gasteiger partial charge in [-0.15, -0.1) is 0 Å². The molecule has 2 aromatic carbocycles. The molecule has 0 radical (unpaired) electrons. The maximum atomic E-state index is 14.8. The van der Waals surface area contributed by atoms with Crippen LogP contribution in [0.25, 0.3) is 11.1 Å². The fourth-order valence-corrected chi connectivity index (χ4v) is 4.29. The van der Waals surface area contributed by atoms with Crippen molar-refractivity contribution in [3.8, 4) is 16.9 Å². The standard InChI is InChI=1S/C26H34FNO3/c1-26(2,3)21-8-10-22(11-9-21)31-24-12-7-20(16-23(24)27)19-6-4-5-18(15-19)17-28-14-13-25(29)30/h4-7,12,15-16,21-22,28H,8-11,13-14,17H2,1-3H3,(H,29,30)/t21-,22-. The van der Waals surface area contributed by atoms with Crippen LogP contribution in [0.2, 0.25) is 0 Å². The molecule has 2 aromatic rings. The first-order chi connectivity index (χ1) is 14.7. The molecule has 1 fully saturated rings. The van der Waals surface area contributed by atoms with Crippen molar-refractivity contribution in [1.29, 1.82) is 0 Å². The van der Waals surface area contributed by atoms with Crippen molar-refractivity contribution in [1.82, 2.24) is 5.32 Å². The average molecular weight is 428 g/mol. The number of benzene rings is 2. The van der Waals surface area contributed by atoms with E-state index in [1.54, 1.807) is 6.07 Å². The molecule has 0 bridgehead atoms. The summed E-state index contributed by atoms with van der Waals surface area (Å²) < 4.78 is 20.8. The summed E-state index contributed by atoms with van der Waals surface area (Å²) in [6.45, 7) is 7.86. The summed E-state index contributed by atoms with van der Waals surface area (Å²) in [5.41, 5.74) is 3.07. The molecular formula is C26H34FNO3. The molecule has 1 aliphatic carbocycles. The minimum absolute atomic E-state index is 0.0826. The average Bonchev–Trinajstić information content (AvgIpc) is 2.72. The topological polar surface area (TPSA) is 58.6 Å². The third-order valence-electron chi connectivity index (χ3n) is 6.23. The zero-order chi connectivity index (χ0) is 22.4. The van der Waals surface area contributed by atoms with E-state index in [1.165, 1.54) is 6.07 Å². The van der Waals surface area contributed by atoms with Crippen LogP contribution in [0.15, 0.2) is 42.5 Å². The Morgan fingerprint density at radius 3 is 2.45 bits per heavy atom. The minimum Gasteiger partial charge on any atom is -0.487 e. The number of nitrogens with one attached hydrogen (secondary N) is 1. The monoisotopic (exact) mass is 427 g/mol. The molecule has 0 aromatic heterocycles. The maximum Gasteiger partial charge on any atom is 0.304 e. The highest BCUT2D eigenvalue weighted by Crippen LogP contribution is 2.39. The number of carboxylic acids is 1. The van der Waals surface area contributed by atoms with E-state index in [1.807, 2.05) is 30.3 Å². The van der Waals surface area contributed by atoms with Crippen molar-refractivity contribution in [2.45, 2.75) is 65.5 Å². The van der Waals surface area contributed by atoms with Gasteiger partial charge in [-0.25, -0.2) is 4.39 Å². The molecule has 2 N–H and O–H groups in total. The van der Waals surface area contributed by atoms with Crippen LogP contribution in [0.3, 0.4) is 0 Å². The van der Waals surface area contributed by atoms with E-state index in [0.29, 0.717) is 30.2 Å². The Hall–Kier alpha value is -2.40. The van der Waals surface area contributed by atoms with Crippen LogP contribution in [0.5, 0.6) is 5.75 Å². The number of halogens is 1. The van der Waals surface area contributed by atoms with E-state index in [2.05, 4.69) is 26.1 Å². The zero-order valence-corrected chi connectivity index (χ0v) is 18.8. The molecule has 0 saturated heterocycles. The van der Waals surface area contributed by atoms with Crippen molar-refractivity contribution >= 4 is 5.97 Å². The predicted molar refractivity (Wildman–Crippen MR) is 122 cm³/mol. The van der Waals surface area contributed by atoms with E-state index in [9.17, 15) is 9.18 Å². The van der Waals surface area contributed by atoms with E-state index in [-0.39, 0.29) is 18.3 Å². The van der Waals surface area contributed by atoms with Crippen molar-refractivity contribution in [3.63, 3.8) is 0 Å². The second-order valence-electron chi connectivity index (χ2n) is 9.62. The highest BCUT2D eigenvalue weighted by atomic mass is 19.1. The third-order valence-corrected chi connectivity index (χ3v) is 6.23. The molecule has 0 spiro atoms. The largest absolute Gasteiger partial charge is 0.487 e. The fraction of sp³-hybridized carbons (Fsp3) is 0.500. The number of aliphatic carboxylic acids is 1. The summed E-state index contributed by atoms with van der Waals surface area (Å²) in [6.07, 6.45) is 4.37. The molecule has 5 heteroatoms. The van der Waals surface area contributed by atoms with Gasteiger partial charge in [0.25, 0.3) is 0 Å². The molecule has 31 heavy (non-hydrogen) atoms.